The first-order valence-electron chi connectivity index (χ1n) is 4.87. The van der Waals surface area contributed by atoms with Gasteiger partial charge >= 0.3 is 0 Å². The molecule has 0 radical (unpaired) electrons. The number of alkyl halides is 2. The highest BCUT2D eigenvalue weighted by Crippen LogP contribution is 2.31. The van der Waals surface area contributed by atoms with Gasteiger partial charge in [-0.25, -0.2) is 8.78 Å². The van der Waals surface area contributed by atoms with E-state index in [0.717, 1.165) is 10.9 Å². The van der Waals surface area contributed by atoms with Gasteiger partial charge in [-0.1, -0.05) is 35.9 Å². The summed E-state index contributed by atoms with van der Waals surface area (Å²) >= 11 is 0. The zero-order valence-corrected chi connectivity index (χ0v) is 8.72. The van der Waals surface area contributed by atoms with Gasteiger partial charge in [0.25, 0.3) is 6.43 Å². The van der Waals surface area contributed by atoms with E-state index in [9.17, 15) is 8.78 Å². The van der Waals surface area contributed by atoms with Crippen LogP contribution in [0.1, 0.15) is 23.1 Å². The standard InChI is InChI=1S/C13H12F2/c1-8-3-6-11-10(7-8)5-4-9(2)12(11)13(14)15/h3-7,13H,1-2H3. The molecule has 0 heterocycles. The predicted octanol–water partition coefficient (Wildman–Crippen LogP) is 4.39. The minimum atomic E-state index is -2.41. The highest BCUT2D eigenvalue weighted by Gasteiger charge is 2.14. The van der Waals surface area contributed by atoms with Crippen LogP contribution >= 0.6 is 0 Å². The fourth-order valence-corrected chi connectivity index (χ4v) is 1.87. The normalized spacial score (nSPS) is 11.3. The molecule has 0 saturated carbocycles. The summed E-state index contributed by atoms with van der Waals surface area (Å²) in [7, 11) is 0. The van der Waals surface area contributed by atoms with Gasteiger partial charge in [0.05, 0.1) is 0 Å². The molecule has 0 fully saturated rings. The average molecular weight is 206 g/mol. The summed E-state index contributed by atoms with van der Waals surface area (Å²) in [6.45, 7) is 3.68. The van der Waals surface area contributed by atoms with E-state index in [1.54, 1.807) is 19.1 Å². The second-order valence-electron chi connectivity index (χ2n) is 3.82. The fraction of sp³-hybridized carbons (Fsp3) is 0.231. The minimum absolute atomic E-state index is 0.160. The number of hydrogen-bond donors (Lipinski definition) is 0. The summed E-state index contributed by atoms with van der Waals surface area (Å²) < 4.78 is 25.7. The van der Waals surface area contributed by atoms with E-state index >= 15 is 0 Å². The summed E-state index contributed by atoms with van der Waals surface area (Å²) in [6, 6.07) is 9.22. The molecule has 0 saturated heterocycles. The van der Waals surface area contributed by atoms with E-state index in [-0.39, 0.29) is 5.56 Å². The van der Waals surface area contributed by atoms with Crippen molar-refractivity contribution in [3.05, 3.63) is 47.0 Å². The van der Waals surface area contributed by atoms with Crippen molar-refractivity contribution in [2.24, 2.45) is 0 Å². The quantitative estimate of drug-likeness (QED) is 0.649. The summed E-state index contributed by atoms with van der Waals surface area (Å²) in [5.74, 6) is 0. The van der Waals surface area contributed by atoms with Crippen molar-refractivity contribution < 1.29 is 8.78 Å². The lowest BCUT2D eigenvalue weighted by molar-refractivity contribution is 0.152. The first-order valence-corrected chi connectivity index (χ1v) is 4.87. The predicted molar refractivity (Wildman–Crippen MR) is 58.4 cm³/mol. The molecule has 0 atom stereocenters. The van der Waals surface area contributed by atoms with Crippen molar-refractivity contribution in [1.82, 2.24) is 0 Å². The van der Waals surface area contributed by atoms with Crippen LogP contribution in [-0.2, 0) is 0 Å². The number of benzene rings is 2. The Labute approximate surface area is 87.5 Å². The Balaban J connectivity index is 2.82. The average Bonchev–Trinajstić information content (AvgIpc) is 2.17. The molecular weight excluding hydrogens is 194 g/mol. The molecule has 2 heteroatoms. The van der Waals surface area contributed by atoms with E-state index in [0.29, 0.717) is 10.9 Å². The van der Waals surface area contributed by atoms with Gasteiger partial charge in [0.15, 0.2) is 0 Å². The zero-order chi connectivity index (χ0) is 11.0. The van der Waals surface area contributed by atoms with Crippen molar-refractivity contribution in [2.45, 2.75) is 20.3 Å². The van der Waals surface area contributed by atoms with Gasteiger partial charge in [-0.15, -0.1) is 0 Å². The topological polar surface area (TPSA) is 0 Å². The van der Waals surface area contributed by atoms with Crippen LogP contribution in [0.4, 0.5) is 8.78 Å². The highest BCUT2D eigenvalue weighted by atomic mass is 19.3. The third-order valence-corrected chi connectivity index (χ3v) is 2.65. The second-order valence-corrected chi connectivity index (χ2v) is 3.82. The molecule has 0 aliphatic carbocycles. The van der Waals surface area contributed by atoms with Crippen LogP contribution in [-0.4, -0.2) is 0 Å². The number of rotatable bonds is 1. The molecule has 0 aliphatic heterocycles. The van der Waals surface area contributed by atoms with E-state index in [1.165, 1.54) is 0 Å². The molecule has 2 aromatic carbocycles. The van der Waals surface area contributed by atoms with E-state index in [4.69, 9.17) is 0 Å². The van der Waals surface area contributed by atoms with Crippen molar-refractivity contribution >= 4 is 10.8 Å². The largest absolute Gasteiger partial charge is 0.264 e. The number of halogens is 2. The van der Waals surface area contributed by atoms with Gasteiger partial charge in [-0.05, 0) is 30.2 Å². The maximum absolute atomic E-state index is 12.9. The first-order chi connectivity index (χ1) is 7.09. The number of aryl methyl sites for hydroxylation is 2. The molecule has 15 heavy (non-hydrogen) atoms. The van der Waals surface area contributed by atoms with Gasteiger partial charge < -0.3 is 0 Å². The van der Waals surface area contributed by atoms with Crippen LogP contribution in [0, 0.1) is 13.8 Å². The maximum atomic E-state index is 12.9. The van der Waals surface area contributed by atoms with Crippen LogP contribution in [0.5, 0.6) is 0 Å². The van der Waals surface area contributed by atoms with Crippen molar-refractivity contribution in [3.63, 3.8) is 0 Å². The molecule has 0 amide bonds. The lowest BCUT2D eigenvalue weighted by Gasteiger charge is -2.09. The summed E-state index contributed by atoms with van der Waals surface area (Å²) in [4.78, 5) is 0. The maximum Gasteiger partial charge on any atom is 0.264 e. The van der Waals surface area contributed by atoms with Crippen molar-refractivity contribution in [1.29, 1.82) is 0 Å². The molecule has 0 nitrogen and oxygen atoms in total. The van der Waals surface area contributed by atoms with E-state index in [2.05, 4.69) is 0 Å². The van der Waals surface area contributed by atoms with Gasteiger partial charge in [0, 0.05) is 5.56 Å². The Morgan fingerprint density at radius 1 is 1.00 bits per heavy atom. The van der Waals surface area contributed by atoms with Crippen LogP contribution < -0.4 is 0 Å². The number of hydrogen-bond acceptors (Lipinski definition) is 0. The summed E-state index contributed by atoms with van der Waals surface area (Å²) in [6.07, 6.45) is -2.41. The van der Waals surface area contributed by atoms with Gasteiger partial charge in [-0.2, -0.15) is 0 Å². The minimum Gasteiger partial charge on any atom is -0.205 e. The zero-order valence-electron chi connectivity index (χ0n) is 8.72. The van der Waals surface area contributed by atoms with E-state index < -0.39 is 6.43 Å². The molecule has 78 valence electrons. The third kappa shape index (κ3) is 1.72. The summed E-state index contributed by atoms with van der Waals surface area (Å²) in [5, 5.41) is 1.55. The molecule has 0 aromatic heterocycles. The molecule has 2 aromatic rings. The molecule has 0 aliphatic rings. The van der Waals surface area contributed by atoms with Crippen LogP contribution in [0.15, 0.2) is 30.3 Å². The smallest absolute Gasteiger partial charge is 0.205 e. The Kier molecular flexibility index (Phi) is 2.43. The molecule has 2 rings (SSSR count). The number of fused-ring (bicyclic) bond motifs is 1. The van der Waals surface area contributed by atoms with Gasteiger partial charge in [0.1, 0.15) is 0 Å². The van der Waals surface area contributed by atoms with Crippen molar-refractivity contribution in [2.75, 3.05) is 0 Å². The van der Waals surface area contributed by atoms with Gasteiger partial charge in [-0.3, -0.25) is 0 Å². The molecule has 0 N–H and O–H groups in total. The molecule has 0 bridgehead atoms. The molecular formula is C13H12F2. The fourth-order valence-electron chi connectivity index (χ4n) is 1.87. The van der Waals surface area contributed by atoms with E-state index in [1.807, 2.05) is 25.1 Å². The Bertz CT molecular complexity index is 501. The second kappa shape index (κ2) is 3.61. The SMILES string of the molecule is Cc1ccc2c(C(F)F)c(C)ccc2c1. The Morgan fingerprint density at radius 2 is 1.73 bits per heavy atom. The Morgan fingerprint density at radius 3 is 2.40 bits per heavy atom. The first kappa shape index (κ1) is 10.1. The van der Waals surface area contributed by atoms with Gasteiger partial charge in [0.2, 0.25) is 0 Å². The lowest BCUT2D eigenvalue weighted by atomic mass is 9.99. The highest BCUT2D eigenvalue weighted by molar-refractivity contribution is 5.87. The monoisotopic (exact) mass is 206 g/mol. The summed E-state index contributed by atoms with van der Waals surface area (Å²) in [5.41, 5.74) is 1.90. The third-order valence-electron chi connectivity index (χ3n) is 2.65. The van der Waals surface area contributed by atoms with Crippen LogP contribution in [0.2, 0.25) is 0 Å². The Hall–Kier alpha value is -1.44. The van der Waals surface area contributed by atoms with Crippen LogP contribution in [0.25, 0.3) is 10.8 Å². The van der Waals surface area contributed by atoms with Crippen LogP contribution in [0.3, 0.4) is 0 Å². The van der Waals surface area contributed by atoms with Crippen molar-refractivity contribution in [3.8, 4) is 0 Å². The lowest BCUT2D eigenvalue weighted by Crippen LogP contribution is -1.91. The molecule has 0 unspecified atom stereocenters. The molecule has 0 spiro atoms.